The lowest BCUT2D eigenvalue weighted by Crippen LogP contribution is -2.45. The van der Waals surface area contributed by atoms with Gasteiger partial charge in [0.25, 0.3) is 0 Å². The van der Waals surface area contributed by atoms with E-state index in [2.05, 4.69) is 29.2 Å². The third-order valence-electron chi connectivity index (χ3n) is 3.51. The van der Waals surface area contributed by atoms with E-state index in [9.17, 15) is 5.11 Å². The summed E-state index contributed by atoms with van der Waals surface area (Å²) in [6.07, 6.45) is 0.798. The first kappa shape index (κ1) is 8.45. The molecular formula is C12H15NO. The van der Waals surface area contributed by atoms with Crippen LogP contribution in [0.3, 0.4) is 0 Å². The number of aliphatic hydroxyl groups is 1. The monoisotopic (exact) mass is 189 g/mol. The lowest BCUT2D eigenvalue weighted by Gasteiger charge is -2.41. The molecule has 2 aliphatic heterocycles. The zero-order valence-corrected chi connectivity index (χ0v) is 8.19. The second kappa shape index (κ2) is 3.07. The molecule has 0 radical (unpaired) electrons. The van der Waals surface area contributed by atoms with Crippen LogP contribution in [-0.4, -0.2) is 29.2 Å². The number of benzene rings is 1. The van der Waals surface area contributed by atoms with Crippen molar-refractivity contribution in [3.05, 3.63) is 35.4 Å². The van der Waals surface area contributed by atoms with E-state index in [4.69, 9.17) is 0 Å². The number of rotatable bonds is 0. The average Bonchev–Trinajstić information content (AvgIpc) is 2.23. The summed E-state index contributed by atoms with van der Waals surface area (Å²) in [4.78, 5) is 2.44. The summed E-state index contributed by atoms with van der Waals surface area (Å²) in [6, 6.07) is 8.53. The Hall–Kier alpha value is -0.860. The quantitative estimate of drug-likeness (QED) is 0.666. The first-order valence-corrected chi connectivity index (χ1v) is 5.33. The summed E-state index contributed by atoms with van der Waals surface area (Å²) in [5.74, 6) is 0.355. The van der Waals surface area contributed by atoms with E-state index >= 15 is 0 Å². The van der Waals surface area contributed by atoms with Gasteiger partial charge in [-0.2, -0.15) is 0 Å². The van der Waals surface area contributed by atoms with E-state index in [0.29, 0.717) is 5.92 Å². The van der Waals surface area contributed by atoms with Gasteiger partial charge in [0, 0.05) is 25.6 Å². The maximum absolute atomic E-state index is 9.94. The van der Waals surface area contributed by atoms with E-state index < -0.39 is 0 Å². The Morgan fingerprint density at radius 1 is 1.29 bits per heavy atom. The molecule has 3 atom stereocenters. The van der Waals surface area contributed by atoms with Crippen molar-refractivity contribution in [2.45, 2.75) is 25.0 Å². The van der Waals surface area contributed by atoms with Crippen molar-refractivity contribution < 1.29 is 5.11 Å². The number of fused-ring (bicyclic) bond motifs is 4. The molecule has 3 rings (SSSR count). The van der Waals surface area contributed by atoms with Gasteiger partial charge in [0.1, 0.15) is 0 Å². The normalized spacial score (nSPS) is 35.1. The van der Waals surface area contributed by atoms with Crippen LogP contribution in [0.5, 0.6) is 0 Å². The number of hydrogen-bond acceptors (Lipinski definition) is 2. The molecule has 2 heteroatoms. The van der Waals surface area contributed by atoms with Gasteiger partial charge in [-0.3, -0.25) is 4.90 Å². The van der Waals surface area contributed by atoms with Crippen LogP contribution in [0.4, 0.5) is 0 Å². The molecule has 2 bridgehead atoms. The number of hydrogen-bond donors (Lipinski definition) is 1. The summed E-state index contributed by atoms with van der Waals surface area (Å²) >= 11 is 0. The van der Waals surface area contributed by atoms with Crippen LogP contribution in [0.25, 0.3) is 0 Å². The zero-order valence-electron chi connectivity index (χ0n) is 8.19. The number of aliphatic hydroxyl groups excluding tert-OH is 1. The van der Waals surface area contributed by atoms with Gasteiger partial charge < -0.3 is 5.11 Å². The fraction of sp³-hybridized carbons (Fsp3) is 0.500. The summed E-state index contributed by atoms with van der Waals surface area (Å²) in [5.41, 5.74) is 2.78. The average molecular weight is 189 g/mol. The van der Waals surface area contributed by atoms with Crippen LogP contribution >= 0.6 is 0 Å². The molecule has 2 nitrogen and oxygen atoms in total. The highest BCUT2D eigenvalue weighted by molar-refractivity contribution is 5.34. The third-order valence-corrected chi connectivity index (χ3v) is 3.51. The van der Waals surface area contributed by atoms with Crippen molar-refractivity contribution in [2.24, 2.45) is 0 Å². The second-order valence-electron chi connectivity index (χ2n) is 4.40. The van der Waals surface area contributed by atoms with Crippen LogP contribution < -0.4 is 0 Å². The van der Waals surface area contributed by atoms with Crippen molar-refractivity contribution in [3.63, 3.8) is 0 Å². The topological polar surface area (TPSA) is 23.5 Å². The van der Waals surface area contributed by atoms with Crippen molar-refractivity contribution >= 4 is 0 Å². The zero-order chi connectivity index (χ0) is 9.54. The molecule has 74 valence electrons. The lowest BCUT2D eigenvalue weighted by atomic mass is 9.82. The van der Waals surface area contributed by atoms with Gasteiger partial charge in [0.05, 0.1) is 6.10 Å². The molecule has 14 heavy (non-hydrogen) atoms. The largest absolute Gasteiger partial charge is 0.392 e. The molecular weight excluding hydrogens is 174 g/mol. The predicted molar refractivity (Wildman–Crippen MR) is 55.1 cm³/mol. The van der Waals surface area contributed by atoms with Crippen molar-refractivity contribution in [2.75, 3.05) is 13.1 Å². The molecule has 0 saturated carbocycles. The smallest absolute Gasteiger partial charge is 0.0633 e. The number of piperidine rings is 1. The molecule has 1 aromatic carbocycles. The Morgan fingerprint density at radius 2 is 2.14 bits per heavy atom. The minimum atomic E-state index is -0.132. The van der Waals surface area contributed by atoms with Gasteiger partial charge in [-0.05, 0) is 17.5 Å². The number of nitrogens with zero attached hydrogens (tertiary/aromatic N) is 1. The third kappa shape index (κ3) is 1.18. The van der Waals surface area contributed by atoms with Crippen molar-refractivity contribution in [3.8, 4) is 0 Å². The van der Waals surface area contributed by atoms with Crippen molar-refractivity contribution in [1.82, 2.24) is 4.90 Å². The summed E-state index contributed by atoms with van der Waals surface area (Å²) in [6.45, 7) is 3.16. The van der Waals surface area contributed by atoms with Crippen LogP contribution in [0, 0.1) is 0 Å². The van der Waals surface area contributed by atoms with Crippen LogP contribution in [0.15, 0.2) is 24.3 Å². The fourth-order valence-electron chi connectivity index (χ4n) is 2.74. The standard InChI is InChI=1S/C12H15NO/c14-12-5-6-13-7-9-3-1-2-4-10(9)11(12)8-13/h1-4,11-12,14H,5-8H2/t11-,12-/m0/s1. The van der Waals surface area contributed by atoms with Crippen LogP contribution in [0.1, 0.15) is 23.5 Å². The Labute approximate surface area is 84.2 Å². The molecule has 1 fully saturated rings. The van der Waals surface area contributed by atoms with Gasteiger partial charge in [0.2, 0.25) is 0 Å². The summed E-state index contributed by atoms with van der Waals surface area (Å²) in [7, 11) is 0. The SMILES string of the molecule is O[C@H]1CCN2Cc3ccccc3[C@@H]1C2. The highest BCUT2D eigenvalue weighted by Gasteiger charge is 2.33. The molecule has 0 spiro atoms. The highest BCUT2D eigenvalue weighted by Crippen LogP contribution is 2.34. The molecule has 1 saturated heterocycles. The lowest BCUT2D eigenvalue weighted by molar-refractivity contribution is 0.0469. The van der Waals surface area contributed by atoms with Gasteiger partial charge in [-0.15, -0.1) is 0 Å². The Balaban J connectivity index is 2.06. The first-order chi connectivity index (χ1) is 6.84. The minimum absolute atomic E-state index is 0.132. The second-order valence-corrected chi connectivity index (χ2v) is 4.40. The molecule has 1 aromatic rings. The van der Waals surface area contributed by atoms with Gasteiger partial charge in [-0.25, -0.2) is 0 Å². The van der Waals surface area contributed by atoms with E-state index in [1.807, 2.05) is 0 Å². The van der Waals surface area contributed by atoms with Crippen LogP contribution in [0.2, 0.25) is 0 Å². The summed E-state index contributed by atoms with van der Waals surface area (Å²) < 4.78 is 0. The minimum Gasteiger partial charge on any atom is -0.392 e. The Bertz CT molecular complexity index is 350. The first-order valence-electron chi connectivity index (χ1n) is 5.33. The van der Waals surface area contributed by atoms with E-state index in [1.54, 1.807) is 0 Å². The van der Waals surface area contributed by atoms with Crippen LogP contribution in [-0.2, 0) is 6.54 Å². The predicted octanol–water partition coefficient (Wildman–Crippen LogP) is 1.35. The van der Waals surface area contributed by atoms with E-state index in [-0.39, 0.29) is 6.10 Å². The van der Waals surface area contributed by atoms with E-state index in [1.165, 1.54) is 11.1 Å². The molecule has 2 aliphatic rings. The fourth-order valence-corrected chi connectivity index (χ4v) is 2.74. The molecule has 1 unspecified atom stereocenters. The maximum atomic E-state index is 9.94. The molecule has 2 heterocycles. The Kier molecular flexibility index (Phi) is 1.85. The molecule has 0 amide bonds. The van der Waals surface area contributed by atoms with Gasteiger partial charge >= 0.3 is 0 Å². The molecule has 1 N–H and O–H groups in total. The Morgan fingerprint density at radius 3 is 3.07 bits per heavy atom. The highest BCUT2D eigenvalue weighted by atomic mass is 16.3. The van der Waals surface area contributed by atoms with Crippen molar-refractivity contribution in [1.29, 1.82) is 0 Å². The van der Waals surface area contributed by atoms with Gasteiger partial charge in [-0.1, -0.05) is 24.3 Å². The van der Waals surface area contributed by atoms with E-state index in [0.717, 1.165) is 26.1 Å². The summed E-state index contributed by atoms with van der Waals surface area (Å²) in [5, 5.41) is 9.94. The maximum Gasteiger partial charge on any atom is 0.0633 e. The molecule has 0 aromatic heterocycles. The van der Waals surface area contributed by atoms with Gasteiger partial charge in [0.15, 0.2) is 0 Å². The molecule has 0 aliphatic carbocycles.